The summed E-state index contributed by atoms with van der Waals surface area (Å²) in [6.07, 6.45) is 6.00. The minimum Gasteiger partial charge on any atom is -0.303 e. The number of imide groups is 1. The van der Waals surface area contributed by atoms with E-state index in [2.05, 4.69) is 12.2 Å². The van der Waals surface area contributed by atoms with Crippen molar-refractivity contribution in [3.05, 3.63) is 0 Å². The second kappa shape index (κ2) is 5.17. The summed E-state index contributed by atoms with van der Waals surface area (Å²) in [5, 5.41) is 3.44. The fourth-order valence-electron chi connectivity index (χ4n) is 2.95. The Bertz CT molecular complexity index is 317. The summed E-state index contributed by atoms with van der Waals surface area (Å²) >= 11 is 0. The van der Waals surface area contributed by atoms with Crippen molar-refractivity contribution in [2.24, 2.45) is 5.92 Å². The SMILES string of the molecule is CCC1CCC(NC2CCC(=O)N(C)C2=O)C1. The van der Waals surface area contributed by atoms with Gasteiger partial charge in [0.15, 0.2) is 0 Å². The first-order valence-corrected chi connectivity index (χ1v) is 6.68. The van der Waals surface area contributed by atoms with Crippen molar-refractivity contribution in [1.29, 1.82) is 0 Å². The molecule has 0 aromatic heterocycles. The zero-order chi connectivity index (χ0) is 12.4. The zero-order valence-corrected chi connectivity index (χ0v) is 10.7. The molecule has 1 aliphatic heterocycles. The van der Waals surface area contributed by atoms with Gasteiger partial charge in [0.05, 0.1) is 6.04 Å². The Morgan fingerprint density at radius 2 is 2.06 bits per heavy atom. The van der Waals surface area contributed by atoms with E-state index in [1.54, 1.807) is 7.05 Å². The molecular formula is C13H22N2O2. The number of nitrogens with one attached hydrogen (secondary N) is 1. The lowest BCUT2D eigenvalue weighted by molar-refractivity contribution is -0.148. The largest absolute Gasteiger partial charge is 0.303 e. The molecule has 17 heavy (non-hydrogen) atoms. The van der Waals surface area contributed by atoms with E-state index in [0.29, 0.717) is 18.9 Å². The zero-order valence-electron chi connectivity index (χ0n) is 10.7. The molecule has 3 atom stereocenters. The van der Waals surface area contributed by atoms with E-state index >= 15 is 0 Å². The molecule has 3 unspecified atom stereocenters. The highest BCUT2D eigenvalue weighted by Gasteiger charge is 2.34. The van der Waals surface area contributed by atoms with E-state index < -0.39 is 0 Å². The van der Waals surface area contributed by atoms with E-state index in [0.717, 1.165) is 5.92 Å². The van der Waals surface area contributed by atoms with Crippen LogP contribution in [0.2, 0.25) is 0 Å². The number of likely N-dealkylation sites (N-methyl/N-ethyl adjacent to an activating group) is 1. The molecule has 0 aromatic rings. The molecule has 0 bridgehead atoms. The molecule has 1 saturated carbocycles. The van der Waals surface area contributed by atoms with Crippen LogP contribution in [0.4, 0.5) is 0 Å². The Labute approximate surface area is 103 Å². The van der Waals surface area contributed by atoms with Gasteiger partial charge in [0, 0.05) is 19.5 Å². The lowest BCUT2D eigenvalue weighted by atomic mass is 10.0. The molecule has 1 saturated heterocycles. The van der Waals surface area contributed by atoms with Crippen molar-refractivity contribution < 1.29 is 9.59 Å². The van der Waals surface area contributed by atoms with Crippen LogP contribution in [0.5, 0.6) is 0 Å². The quantitative estimate of drug-likeness (QED) is 0.754. The number of rotatable bonds is 3. The molecule has 1 N–H and O–H groups in total. The highest BCUT2D eigenvalue weighted by atomic mass is 16.2. The average Bonchev–Trinajstić information content (AvgIpc) is 2.78. The predicted octanol–water partition coefficient (Wildman–Crippen LogP) is 1.30. The van der Waals surface area contributed by atoms with Gasteiger partial charge >= 0.3 is 0 Å². The van der Waals surface area contributed by atoms with Crippen LogP contribution in [0.15, 0.2) is 0 Å². The number of hydrogen-bond donors (Lipinski definition) is 1. The highest BCUT2D eigenvalue weighted by molar-refractivity contribution is 6.00. The molecule has 4 heteroatoms. The van der Waals surface area contributed by atoms with Crippen molar-refractivity contribution in [1.82, 2.24) is 10.2 Å². The van der Waals surface area contributed by atoms with E-state index in [4.69, 9.17) is 0 Å². The number of likely N-dealkylation sites (tertiary alicyclic amines) is 1. The maximum atomic E-state index is 11.9. The first-order chi connectivity index (χ1) is 8.11. The van der Waals surface area contributed by atoms with Gasteiger partial charge in [-0.1, -0.05) is 13.3 Å². The monoisotopic (exact) mass is 238 g/mol. The van der Waals surface area contributed by atoms with Crippen molar-refractivity contribution in [2.75, 3.05) is 7.05 Å². The van der Waals surface area contributed by atoms with Gasteiger partial charge in [0.1, 0.15) is 0 Å². The number of piperidine rings is 1. The Morgan fingerprint density at radius 3 is 2.71 bits per heavy atom. The highest BCUT2D eigenvalue weighted by Crippen LogP contribution is 2.28. The van der Waals surface area contributed by atoms with Crippen LogP contribution in [0.3, 0.4) is 0 Å². The van der Waals surface area contributed by atoms with E-state index in [-0.39, 0.29) is 17.9 Å². The third-order valence-electron chi connectivity index (χ3n) is 4.21. The third-order valence-corrected chi connectivity index (χ3v) is 4.21. The fourth-order valence-corrected chi connectivity index (χ4v) is 2.95. The van der Waals surface area contributed by atoms with Crippen LogP contribution in [0, 0.1) is 5.92 Å². The Morgan fingerprint density at radius 1 is 1.29 bits per heavy atom. The molecular weight excluding hydrogens is 216 g/mol. The summed E-state index contributed by atoms with van der Waals surface area (Å²) in [7, 11) is 1.59. The number of hydrogen-bond acceptors (Lipinski definition) is 3. The summed E-state index contributed by atoms with van der Waals surface area (Å²) < 4.78 is 0. The Balaban J connectivity index is 1.87. The smallest absolute Gasteiger partial charge is 0.246 e. The van der Waals surface area contributed by atoms with E-state index in [1.807, 2.05) is 0 Å². The lowest BCUT2D eigenvalue weighted by Gasteiger charge is -2.30. The number of carbonyl (C=O) groups is 2. The maximum Gasteiger partial charge on any atom is 0.246 e. The van der Waals surface area contributed by atoms with E-state index in [1.165, 1.54) is 30.6 Å². The maximum absolute atomic E-state index is 11.9. The molecule has 2 aliphatic rings. The van der Waals surface area contributed by atoms with Crippen LogP contribution >= 0.6 is 0 Å². The summed E-state index contributed by atoms with van der Waals surface area (Å²) in [6, 6.07) is 0.328. The molecule has 2 fully saturated rings. The molecule has 1 aliphatic carbocycles. The Kier molecular flexibility index (Phi) is 3.82. The topological polar surface area (TPSA) is 49.4 Å². The minimum atomic E-state index is -0.140. The number of carbonyl (C=O) groups excluding carboxylic acids is 2. The van der Waals surface area contributed by atoms with Crippen molar-refractivity contribution in [2.45, 2.75) is 57.5 Å². The van der Waals surface area contributed by atoms with Crippen LogP contribution in [0.1, 0.15) is 45.4 Å². The van der Waals surface area contributed by atoms with Crippen LogP contribution in [0.25, 0.3) is 0 Å². The van der Waals surface area contributed by atoms with Crippen molar-refractivity contribution >= 4 is 11.8 Å². The normalized spacial score (nSPS) is 34.5. The van der Waals surface area contributed by atoms with Gasteiger partial charge in [-0.2, -0.15) is 0 Å². The number of nitrogens with zero attached hydrogens (tertiary/aromatic N) is 1. The third kappa shape index (κ3) is 2.68. The molecule has 0 radical (unpaired) electrons. The van der Waals surface area contributed by atoms with Crippen LogP contribution in [-0.4, -0.2) is 35.8 Å². The summed E-state index contributed by atoms with van der Waals surface area (Å²) in [5.41, 5.74) is 0. The van der Waals surface area contributed by atoms with Crippen LogP contribution < -0.4 is 5.32 Å². The first-order valence-electron chi connectivity index (χ1n) is 6.68. The average molecular weight is 238 g/mol. The molecule has 2 amide bonds. The van der Waals surface area contributed by atoms with E-state index in [9.17, 15) is 9.59 Å². The van der Waals surface area contributed by atoms with Gasteiger partial charge in [-0.25, -0.2) is 0 Å². The Hall–Kier alpha value is -0.900. The molecule has 0 aromatic carbocycles. The molecule has 1 heterocycles. The first kappa shape index (κ1) is 12.6. The fraction of sp³-hybridized carbons (Fsp3) is 0.846. The van der Waals surface area contributed by atoms with Gasteiger partial charge in [-0.15, -0.1) is 0 Å². The summed E-state index contributed by atoms with van der Waals surface area (Å²) in [5.74, 6) is 0.706. The van der Waals surface area contributed by atoms with Crippen LogP contribution in [-0.2, 0) is 9.59 Å². The van der Waals surface area contributed by atoms with Gasteiger partial charge in [-0.3, -0.25) is 14.5 Å². The molecule has 4 nitrogen and oxygen atoms in total. The minimum absolute atomic E-state index is 0.0501. The second-order valence-electron chi connectivity index (χ2n) is 5.33. The number of amides is 2. The van der Waals surface area contributed by atoms with Gasteiger partial charge in [0.2, 0.25) is 11.8 Å². The standard InChI is InChI=1S/C13H22N2O2/c1-3-9-4-5-10(8-9)14-11-6-7-12(16)15(2)13(11)17/h9-11,14H,3-8H2,1-2H3. The second-order valence-corrected chi connectivity index (χ2v) is 5.33. The summed E-state index contributed by atoms with van der Waals surface area (Å²) in [6.45, 7) is 2.23. The van der Waals surface area contributed by atoms with Crippen molar-refractivity contribution in [3.63, 3.8) is 0 Å². The predicted molar refractivity (Wildman–Crippen MR) is 65.4 cm³/mol. The lowest BCUT2D eigenvalue weighted by Crippen LogP contribution is -2.53. The van der Waals surface area contributed by atoms with Crippen molar-refractivity contribution in [3.8, 4) is 0 Å². The van der Waals surface area contributed by atoms with Gasteiger partial charge in [-0.05, 0) is 31.6 Å². The molecule has 2 rings (SSSR count). The van der Waals surface area contributed by atoms with Gasteiger partial charge in [0.25, 0.3) is 0 Å². The molecule has 0 spiro atoms. The van der Waals surface area contributed by atoms with Gasteiger partial charge < -0.3 is 5.32 Å². The summed E-state index contributed by atoms with van der Waals surface area (Å²) in [4.78, 5) is 24.6. The molecule has 96 valence electrons.